The SMILES string of the molecule is C#CCNC(=O)c1ccccc1NC(=O)COc1ccc(F)cc1Cl. The van der Waals surface area contributed by atoms with Crippen molar-refractivity contribution in [3.05, 3.63) is 58.9 Å². The Morgan fingerprint density at radius 1 is 1.24 bits per heavy atom. The molecule has 0 unspecified atom stereocenters. The Balaban J connectivity index is 2.01. The number of halogens is 2. The van der Waals surface area contributed by atoms with Crippen molar-refractivity contribution in [1.29, 1.82) is 0 Å². The van der Waals surface area contributed by atoms with Crippen LogP contribution in [0.25, 0.3) is 0 Å². The summed E-state index contributed by atoms with van der Waals surface area (Å²) >= 11 is 5.82. The standard InChI is InChI=1S/C18H14ClFN2O3/c1-2-9-21-18(24)13-5-3-4-6-15(13)22-17(23)11-25-16-8-7-12(20)10-14(16)19/h1,3-8,10H,9,11H2,(H,21,24)(H,22,23). The predicted octanol–water partition coefficient (Wildman–Crippen LogP) is 2.86. The molecular weight excluding hydrogens is 347 g/mol. The Kier molecular flexibility index (Phi) is 6.38. The first-order chi connectivity index (χ1) is 12.0. The van der Waals surface area contributed by atoms with E-state index in [-0.39, 0.29) is 29.5 Å². The predicted molar refractivity (Wildman–Crippen MR) is 93.1 cm³/mol. The lowest BCUT2D eigenvalue weighted by Gasteiger charge is -2.12. The fraction of sp³-hybridized carbons (Fsp3) is 0.111. The molecule has 0 radical (unpaired) electrons. The lowest BCUT2D eigenvalue weighted by molar-refractivity contribution is -0.118. The molecule has 2 N–H and O–H groups in total. The highest BCUT2D eigenvalue weighted by molar-refractivity contribution is 6.32. The summed E-state index contributed by atoms with van der Waals surface area (Å²) in [5, 5.41) is 5.15. The van der Waals surface area contributed by atoms with Gasteiger partial charge in [0.1, 0.15) is 11.6 Å². The molecule has 0 aromatic heterocycles. The van der Waals surface area contributed by atoms with Crippen LogP contribution in [0.1, 0.15) is 10.4 Å². The van der Waals surface area contributed by atoms with Crippen LogP contribution >= 0.6 is 11.6 Å². The van der Waals surface area contributed by atoms with E-state index in [9.17, 15) is 14.0 Å². The third-order valence-corrected chi connectivity index (χ3v) is 3.34. The fourth-order valence-electron chi connectivity index (χ4n) is 1.94. The zero-order chi connectivity index (χ0) is 18.2. The summed E-state index contributed by atoms with van der Waals surface area (Å²) < 4.78 is 18.2. The first-order valence-corrected chi connectivity index (χ1v) is 7.57. The van der Waals surface area contributed by atoms with Gasteiger partial charge in [-0.3, -0.25) is 9.59 Å². The summed E-state index contributed by atoms with van der Waals surface area (Å²) in [6.45, 7) is -0.279. The maximum Gasteiger partial charge on any atom is 0.262 e. The van der Waals surface area contributed by atoms with E-state index in [1.807, 2.05) is 0 Å². The van der Waals surface area contributed by atoms with Gasteiger partial charge >= 0.3 is 0 Å². The van der Waals surface area contributed by atoms with Gasteiger partial charge in [-0.1, -0.05) is 29.7 Å². The molecule has 0 fully saturated rings. The molecule has 0 aliphatic rings. The van der Waals surface area contributed by atoms with Gasteiger partial charge in [0, 0.05) is 0 Å². The lowest BCUT2D eigenvalue weighted by atomic mass is 10.1. The van der Waals surface area contributed by atoms with Gasteiger partial charge in [-0.15, -0.1) is 6.42 Å². The first kappa shape index (κ1) is 18.3. The molecule has 2 aromatic rings. The molecule has 0 spiro atoms. The van der Waals surface area contributed by atoms with Crippen LogP contribution in [0.2, 0.25) is 5.02 Å². The first-order valence-electron chi connectivity index (χ1n) is 7.19. The van der Waals surface area contributed by atoms with Gasteiger partial charge in [-0.2, -0.15) is 0 Å². The number of terminal acetylenes is 1. The van der Waals surface area contributed by atoms with Crippen LogP contribution in [0.3, 0.4) is 0 Å². The van der Waals surface area contributed by atoms with E-state index in [1.165, 1.54) is 12.1 Å². The number of carbonyl (C=O) groups is 2. The lowest BCUT2D eigenvalue weighted by Crippen LogP contribution is -2.26. The van der Waals surface area contributed by atoms with Crippen LogP contribution < -0.4 is 15.4 Å². The van der Waals surface area contributed by atoms with E-state index < -0.39 is 17.6 Å². The number of hydrogen-bond acceptors (Lipinski definition) is 3. The van der Waals surface area contributed by atoms with E-state index >= 15 is 0 Å². The second kappa shape index (κ2) is 8.71. The summed E-state index contributed by atoms with van der Waals surface area (Å²) in [5.41, 5.74) is 0.585. The van der Waals surface area contributed by atoms with Crippen LogP contribution in [0, 0.1) is 18.2 Å². The van der Waals surface area contributed by atoms with Crippen molar-refractivity contribution in [2.24, 2.45) is 0 Å². The second-order valence-corrected chi connectivity index (χ2v) is 5.25. The van der Waals surface area contributed by atoms with E-state index in [4.69, 9.17) is 22.8 Å². The summed E-state index contributed by atoms with van der Waals surface area (Å²) in [4.78, 5) is 24.1. The minimum atomic E-state index is -0.506. The Hall–Kier alpha value is -3.04. The minimum absolute atomic E-state index is 0.0573. The van der Waals surface area contributed by atoms with Crippen molar-refractivity contribution in [2.45, 2.75) is 0 Å². The molecule has 7 heteroatoms. The largest absolute Gasteiger partial charge is 0.482 e. The maximum atomic E-state index is 13.0. The third kappa shape index (κ3) is 5.23. The van der Waals surface area contributed by atoms with E-state index in [1.54, 1.807) is 24.3 Å². The quantitative estimate of drug-likeness (QED) is 0.778. The average molecular weight is 361 g/mol. The van der Waals surface area contributed by atoms with Crippen molar-refractivity contribution in [3.8, 4) is 18.1 Å². The van der Waals surface area contributed by atoms with Crippen LogP contribution in [0.5, 0.6) is 5.75 Å². The van der Waals surface area contributed by atoms with E-state index in [0.717, 1.165) is 6.07 Å². The molecule has 128 valence electrons. The zero-order valence-electron chi connectivity index (χ0n) is 13.0. The van der Waals surface area contributed by atoms with Gasteiger partial charge in [-0.25, -0.2) is 4.39 Å². The molecule has 2 rings (SSSR count). The molecule has 5 nitrogen and oxygen atoms in total. The average Bonchev–Trinajstić information content (AvgIpc) is 2.59. The molecule has 0 aliphatic heterocycles. The number of hydrogen-bond donors (Lipinski definition) is 2. The van der Waals surface area contributed by atoms with E-state index in [0.29, 0.717) is 5.69 Å². The molecule has 2 aromatic carbocycles. The van der Waals surface area contributed by atoms with Crippen molar-refractivity contribution < 1.29 is 18.7 Å². The second-order valence-electron chi connectivity index (χ2n) is 4.84. The molecule has 0 heterocycles. The fourth-order valence-corrected chi connectivity index (χ4v) is 2.16. The van der Waals surface area contributed by atoms with Gasteiger partial charge < -0.3 is 15.4 Å². The van der Waals surface area contributed by atoms with Crippen LogP contribution in [-0.4, -0.2) is 25.0 Å². The molecule has 0 saturated heterocycles. The Morgan fingerprint density at radius 3 is 2.72 bits per heavy atom. The van der Waals surface area contributed by atoms with Crippen molar-refractivity contribution >= 4 is 29.1 Å². The summed E-state index contributed by atoms with van der Waals surface area (Å²) in [6, 6.07) is 10.0. The number of rotatable bonds is 6. The molecule has 0 saturated carbocycles. The highest BCUT2D eigenvalue weighted by atomic mass is 35.5. The molecule has 0 atom stereocenters. The normalized spacial score (nSPS) is 9.80. The van der Waals surface area contributed by atoms with Gasteiger partial charge in [0.15, 0.2) is 6.61 Å². The van der Waals surface area contributed by atoms with Crippen molar-refractivity contribution in [3.63, 3.8) is 0 Å². The summed E-state index contributed by atoms with van der Waals surface area (Å²) in [6.07, 6.45) is 5.10. The van der Waals surface area contributed by atoms with Gasteiger partial charge in [0.2, 0.25) is 0 Å². The van der Waals surface area contributed by atoms with E-state index in [2.05, 4.69) is 16.6 Å². The number of amides is 2. The smallest absolute Gasteiger partial charge is 0.262 e. The van der Waals surface area contributed by atoms with Crippen LogP contribution in [0.15, 0.2) is 42.5 Å². The number of nitrogens with one attached hydrogen (secondary N) is 2. The van der Waals surface area contributed by atoms with Gasteiger partial charge in [0.05, 0.1) is 22.8 Å². The number of carbonyl (C=O) groups excluding carboxylic acids is 2. The molecular formula is C18H14ClFN2O3. The van der Waals surface area contributed by atoms with Crippen molar-refractivity contribution in [1.82, 2.24) is 5.32 Å². The summed E-state index contributed by atoms with van der Waals surface area (Å²) in [5.74, 6) is 1.06. The Morgan fingerprint density at radius 2 is 2.00 bits per heavy atom. The molecule has 0 bridgehead atoms. The third-order valence-electron chi connectivity index (χ3n) is 3.05. The molecule has 0 aliphatic carbocycles. The maximum absolute atomic E-state index is 13.0. The zero-order valence-corrected chi connectivity index (χ0v) is 13.8. The van der Waals surface area contributed by atoms with Crippen molar-refractivity contribution in [2.75, 3.05) is 18.5 Å². The number of anilines is 1. The van der Waals surface area contributed by atoms with Gasteiger partial charge in [0.25, 0.3) is 11.8 Å². The highest BCUT2D eigenvalue weighted by Crippen LogP contribution is 2.24. The Bertz CT molecular complexity index is 833. The van der Waals surface area contributed by atoms with Crippen LogP contribution in [-0.2, 0) is 4.79 Å². The highest BCUT2D eigenvalue weighted by Gasteiger charge is 2.13. The summed E-state index contributed by atoms with van der Waals surface area (Å²) in [7, 11) is 0. The topological polar surface area (TPSA) is 67.4 Å². The monoisotopic (exact) mass is 360 g/mol. The van der Waals surface area contributed by atoms with Gasteiger partial charge in [-0.05, 0) is 30.3 Å². The molecule has 2 amide bonds. The van der Waals surface area contributed by atoms with Crippen LogP contribution in [0.4, 0.5) is 10.1 Å². The number of benzene rings is 2. The minimum Gasteiger partial charge on any atom is -0.482 e. The Labute approximate surface area is 149 Å². The molecule has 25 heavy (non-hydrogen) atoms. The number of ether oxygens (including phenoxy) is 1. The number of para-hydroxylation sites is 1.